The van der Waals surface area contributed by atoms with Crippen molar-refractivity contribution in [1.29, 1.82) is 0 Å². The maximum absolute atomic E-state index is 12.8. The molecule has 0 fully saturated rings. The molecule has 0 saturated carbocycles. The van der Waals surface area contributed by atoms with Crippen molar-refractivity contribution >= 4 is 44.8 Å². The topological polar surface area (TPSA) is 66.5 Å². The quantitative estimate of drug-likeness (QED) is 0.751. The first-order chi connectivity index (χ1) is 12.2. The van der Waals surface area contributed by atoms with Gasteiger partial charge in [-0.3, -0.25) is 4.79 Å². The van der Waals surface area contributed by atoms with E-state index in [9.17, 15) is 13.2 Å². The summed E-state index contributed by atoms with van der Waals surface area (Å²) in [5.41, 5.74) is 1.16. The van der Waals surface area contributed by atoms with E-state index in [1.54, 1.807) is 51.1 Å². The van der Waals surface area contributed by atoms with Crippen molar-refractivity contribution in [3.05, 3.63) is 57.6 Å². The Hall–Kier alpha value is -1.60. The molecule has 1 amide bonds. The Balaban J connectivity index is 2.40. The van der Waals surface area contributed by atoms with E-state index < -0.39 is 15.9 Å². The Morgan fingerprint density at radius 2 is 1.77 bits per heavy atom. The summed E-state index contributed by atoms with van der Waals surface area (Å²) in [4.78, 5) is 12.7. The molecule has 2 aromatic carbocycles. The van der Waals surface area contributed by atoms with E-state index >= 15 is 0 Å². The molecular formula is C18H20Cl2N2O3S. The second kappa shape index (κ2) is 8.39. The fourth-order valence-electron chi connectivity index (χ4n) is 2.52. The SMILES string of the molecule is CCN(CC)S(=O)(=O)c1cc(C(=O)Nc2cccc(Cl)c2Cl)ccc1C. The molecule has 0 spiro atoms. The first-order valence-electron chi connectivity index (χ1n) is 8.08. The van der Waals surface area contributed by atoms with Crippen molar-refractivity contribution < 1.29 is 13.2 Å². The first-order valence-corrected chi connectivity index (χ1v) is 10.3. The molecule has 0 bridgehead atoms. The molecule has 5 nitrogen and oxygen atoms in total. The zero-order valence-corrected chi connectivity index (χ0v) is 17.0. The monoisotopic (exact) mass is 414 g/mol. The Kier molecular flexibility index (Phi) is 6.69. The third-order valence-corrected chi connectivity index (χ3v) is 6.98. The van der Waals surface area contributed by atoms with Crippen molar-refractivity contribution in [2.45, 2.75) is 25.7 Å². The van der Waals surface area contributed by atoms with Crippen LogP contribution in [0.25, 0.3) is 0 Å². The summed E-state index contributed by atoms with van der Waals surface area (Å²) in [6.07, 6.45) is 0. The number of halogens is 2. The molecule has 0 radical (unpaired) electrons. The smallest absolute Gasteiger partial charge is 0.255 e. The fraction of sp³-hybridized carbons (Fsp3) is 0.278. The van der Waals surface area contributed by atoms with Crippen molar-refractivity contribution in [3.8, 4) is 0 Å². The van der Waals surface area contributed by atoms with Gasteiger partial charge >= 0.3 is 0 Å². The van der Waals surface area contributed by atoms with Gasteiger partial charge in [-0.25, -0.2) is 8.42 Å². The van der Waals surface area contributed by atoms with Crippen molar-refractivity contribution in [2.24, 2.45) is 0 Å². The summed E-state index contributed by atoms with van der Waals surface area (Å²) >= 11 is 12.0. The number of hydrogen-bond acceptors (Lipinski definition) is 3. The van der Waals surface area contributed by atoms with Gasteiger partial charge in [-0.15, -0.1) is 0 Å². The molecule has 0 aromatic heterocycles. The molecule has 0 atom stereocenters. The molecule has 26 heavy (non-hydrogen) atoms. The molecule has 2 rings (SSSR count). The number of nitrogens with zero attached hydrogens (tertiary/aromatic N) is 1. The number of aryl methyl sites for hydroxylation is 1. The minimum atomic E-state index is -3.67. The zero-order valence-electron chi connectivity index (χ0n) is 14.7. The number of carbonyl (C=O) groups is 1. The van der Waals surface area contributed by atoms with Crippen LogP contribution in [0.3, 0.4) is 0 Å². The van der Waals surface area contributed by atoms with Crippen LogP contribution in [0.5, 0.6) is 0 Å². The minimum absolute atomic E-state index is 0.117. The van der Waals surface area contributed by atoms with E-state index in [-0.39, 0.29) is 15.5 Å². The van der Waals surface area contributed by atoms with Crippen molar-refractivity contribution in [2.75, 3.05) is 18.4 Å². The van der Waals surface area contributed by atoms with E-state index in [4.69, 9.17) is 23.2 Å². The lowest BCUT2D eigenvalue weighted by Crippen LogP contribution is -2.31. The molecule has 0 aliphatic rings. The van der Waals surface area contributed by atoms with E-state index in [2.05, 4.69) is 5.32 Å². The van der Waals surface area contributed by atoms with Crippen LogP contribution in [-0.2, 0) is 10.0 Å². The predicted molar refractivity (Wildman–Crippen MR) is 106 cm³/mol. The number of nitrogens with one attached hydrogen (secondary N) is 1. The highest BCUT2D eigenvalue weighted by Crippen LogP contribution is 2.30. The highest BCUT2D eigenvalue weighted by molar-refractivity contribution is 7.89. The standard InChI is InChI=1S/C18H20Cl2N2O3S/c1-4-22(5-2)26(24,25)16-11-13(10-9-12(16)3)18(23)21-15-8-6-7-14(19)17(15)20/h6-11H,4-5H2,1-3H3,(H,21,23). The number of amides is 1. The van der Waals surface area contributed by atoms with E-state index in [0.29, 0.717) is 29.4 Å². The molecule has 140 valence electrons. The van der Waals surface area contributed by atoms with Gasteiger partial charge in [0.15, 0.2) is 0 Å². The van der Waals surface area contributed by atoms with Crippen LogP contribution in [0.1, 0.15) is 29.8 Å². The predicted octanol–water partition coefficient (Wildman–Crippen LogP) is 4.58. The van der Waals surface area contributed by atoms with Gasteiger partial charge in [-0.2, -0.15) is 4.31 Å². The van der Waals surface area contributed by atoms with Crippen LogP contribution in [0.15, 0.2) is 41.3 Å². The maximum atomic E-state index is 12.8. The van der Waals surface area contributed by atoms with E-state index in [1.807, 2.05) is 0 Å². The average molecular weight is 415 g/mol. The molecule has 0 heterocycles. The van der Waals surface area contributed by atoms with Crippen LogP contribution < -0.4 is 5.32 Å². The number of rotatable bonds is 6. The Morgan fingerprint density at radius 3 is 2.38 bits per heavy atom. The van der Waals surface area contributed by atoms with Crippen LogP contribution in [0, 0.1) is 6.92 Å². The van der Waals surface area contributed by atoms with Crippen molar-refractivity contribution in [3.63, 3.8) is 0 Å². The van der Waals surface area contributed by atoms with Gasteiger partial charge in [-0.05, 0) is 36.8 Å². The fourth-order valence-corrected chi connectivity index (χ4v) is 4.57. The molecule has 2 aromatic rings. The van der Waals surface area contributed by atoms with Gasteiger partial charge < -0.3 is 5.32 Å². The molecule has 0 unspecified atom stereocenters. The Bertz CT molecular complexity index is 926. The number of sulfonamides is 1. The molecule has 0 saturated heterocycles. The average Bonchev–Trinajstić information content (AvgIpc) is 2.60. The van der Waals surface area contributed by atoms with Crippen LogP contribution in [-0.4, -0.2) is 31.7 Å². The summed E-state index contributed by atoms with van der Waals surface area (Å²) in [6, 6.07) is 9.47. The second-order valence-corrected chi connectivity index (χ2v) is 8.32. The minimum Gasteiger partial charge on any atom is -0.321 e. The lowest BCUT2D eigenvalue weighted by molar-refractivity contribution is 0.102. The third kappa shape index (κ3) is 4.20. The molecular weight excluding hydrogens is 395 g/mol. The Morgan fingerprint density at radius 1 is 1.12 bits per heavy atom. The van der Waals surface area contributed by atoms with Gasteiger partial charge in [0.2, 0.25) is 10.0 Å². The second-order valence-electron chi connectivity index (χ2n) is 5.63. The number of carbonyl (C=O) groups excluding carboxylic acids is 1. The normalized spacial score (nSPS) is 11.6. The third-order valence-electron chi connectivity index (χ3n) is 3.97. The molecule has 1 N–H and O–H groups in total. The number of hydrogen-bond donors (Lipinski definition) is 1. The highest BCUT2D eigenvalue weighted by atomic mass is 35.5. The van der Waals surface area contributed by atoms with Gasteiger partial charge in [0, 0.05) is 18.7 Å². The zero-order chi connectivity index (χ0) is 19.5. The van der Waals surface area contributed by atoms with Crippen LogP contribution >= 0.6 is 23.2 Å². The lowest BCUT2D eigenvalue weighted by atomic mass is 10.1. The summed E-state index contributed by atoms with van der Waals surface area (Å²) in [5, 5.41) is 3.20. The molecule has 0 aliphatic carbocycles. The number of benzene rings is 2. The maximum Gasteiger partial charge on any atom is 0.255 e. The summed E-state index contributed by atoms with van der Waals surface area (Å²) in [7, 11) is -3.67. The van der Waals surface area contributed by atoms with E-state index in [0.717, 1.165) is 0 Å². The number of anilines is 1. The van der Waals surface area contributed by atoms with Crippen LogP contribution in [0.4, 0.5) is 5.69 Å². The van der Waals surface area contributed by atoms with Gasteiger partial charge in [0.25, 0.3) is 5.91 Å². The highest BCUT2D eigenvalue weighted by Gasteiger charge is 2.24. The Labute approximate surface area is 164 Å². The van der Waals surface area contributed by atoms with Gasteiger partial charge in [-0.1, -0.05) is 49.2 Å². The summed E-state index contributed by atoms with van der Waals surface area (Å²) < 4.78 is 27.0. The van der Waals surface area contributed by atoms with Crippen molar-refractivity contribution in [1.82, 2.24) is 4.31 Å². The first kappa shape index (κ1) is 20.7. The summed E-state index contributed by atoms with van der Waals surface area (Å²) in [6.45, 7) is 5.95. The molecule has 8 heteroatoms. The molecule has 0 aliphatic heterocycles. The van der Waals surface area contributed by atoms with E-state index in [1.165, 1.54) is 10.4 Å². The summed E-state index contributed by atoms with van der Waals surface area (Å²) in [5.74, 6) is -0.467. The van der Waals surface area contributed by atoms with Gasteiger partial charge in [0.1, 0.15) is 0 Å². The lowest BCUT2D eigenvalue weighted by Gasteiger charge is -2.20. The largest absolute Gasteiger partial charge is 0.321 e. The van der Waals surface area contributed by atoms with Crippen LogP contribution in [0.2, 0.25) is 10.0 Å². The van der Waals surface area contributed by atoms with Gasteiger partial charge in [0.05, 0.1) is 20.6 Å².